The first kappa shape index (κ1) is 20.0. The number of carbonyl (C=O) groups excluding carboxylic acids is 2. The third-order valence-electron chi connectivity index (χ3n) is 5.73. The molecule has 2 atom stereocenters. The van der Waals surface area contributed by atoms with Crippen LogP contribution in [0.3, 0.4) is 0 Å². The van der Waals surface area contributed by atoms with E-state index < -0.39 is 0 Å². The van der Waals surface area contributed by atoms with Crippen LogP contribution in [0.1, 0.15) is 38.5 Å². The molecule has 4 rings (SSSR count). The number of nitrogens with one attached hydrogen (secondary N) is 2. The van der Waals surface area contributed by atoms with Crippen molar-refractivity contribution in [2.75, 3.05) is 24.6 Å². The Labute approximate surface area is 166 Å². The van der Waals surface area contributed by atoms with Gasteiger partial charge < -0.3 is 20.3 Å². The Bertz CT molecular complexity index is 672. The zero-order valence-electron chi connectivity index (χ0n) is 15.5. The molecule has 148 valence electrons. The van der Waals surface area contributed by atoms with Gasteiger partial charge in [-0.2, -0.15) is 0 Å². The predicted molar refractivity (Wildman–Crippen MR) is 106 cm³/mol. The number of hydrogen-bond donors (Lipinski definition) is 2. The largest absolute Gasteiger partial charge is 0.482 e. The van der Waals surface area contributed by atoms with Gasteiger partial charge >= 0.3 is 0 Å². The summed E-state index contributed by atoms with van der Waals surface area (Å²) in [4.78, 5) is 26.1. The maximum absolute atomic E-state index is 12.2. The lowest BCUT2D eigenvalue weighted by Crippen LogP contribution is -2.41. The number of fused-ring (bicyclic) bond motifs is 3. The molecule has 1 aromatic carbocycles. The first-order valence-corrected chi connectivity index (χ1v) is 9.74. The molecule has 0 spiro atoms. The molecule has 0 radical (unpaired) electrons. The second kappa shape index (κ2) is 8.93. The van der Waals surface area contributed by atoms with Crippen molar-refractivity contribution >= 4 is 29.9 Å². The van der Waals surface area contributed by atoms with E-state index in [4.69, 9.17) is 4.74 Å². The van der Waals surface area contributed by atoms with Crippen molar-refractivity contribution in [3.05, 3.63) is 24.3 Å². The number of carbonyl (C=O) groups is 2. The maximum Gasteiger partial charge on any atom is 0.265 e. The van der Waals surface area contributed by atoms with Gasteiger partial charge in [0.2, 0.25) is 5.91 Å². The highest BCUT2D eigenvalue weighted by molar-refractivity contribution is 5.97. The Kier molecular flexibility index (Phi) is 6.60. The second-order valence-electron chi connectivity index (χ2n) is 7.68. The van der Waals surface area contributed by atoms with Crippen molar-refractivity contribution in [2.24, 2.45) is 5.92 Å². The predicted octanol–water partition coefficient (Wildman–Crippen LogP) is 2.26. The van der Waals surface area contributed by atoms with Gasteiger partial charge in [-0.1, -0.05) is 12.1 Å². The van der Waals surface area contributed by atoms with Crippen LogP contribution in [-0.2, 0) is 9.59 Å². The smallest absolute Gasteiger partial charge is 0.265 e. The lowest BCUT2D eigenvalue weighted by molar-refractivity contribution is -0.122. The molecule has 27 heavy (non-hydrogen) atoms. The third kappa shape index (κ3) is 4.74. The van der Waals surface area contributed by atoms with E-state index in [0.29, 0.717) is 37.5 Å². The SMILES string of the molecule is Cl.O=C(CC1CC2CCC(C1)N2)NCCCN1C(=O)COc2ccccc21. The van der Waals surface area contributed by atoms with Crippen LogP contribution >= 0.6 is 12.4 Å². The highest BCUT2D eigenvalue weighted by Crippen LogP contribution is 2.33. The molecule has 2 fully saturated rings. The minimum atomic E-state index is -0.0276. The van der Waals surface area contributed by atoms with Gasteiger partial charge in [0.15, 0.2) is 6.61 Å². The first-order valence-electron chi connectivity index (χ1n) is 9.74. The normalized spacial score (nSPS) is 26.0. The summed E-state index contributed by atoms with van der Waals surface area (Å²) in [7, 11) is 0. The summed E-state index contributed by atoms with van der Waals surface area (Å²) >= 11 is 0. The van der Waals surface area contributed by atoms with Crippen LogP contribution in [0, 0.1) is 5.92 Å². The minimum absolute atomic E-state index is 0. The van der Waals surface area contributed by atoms with E-state index in [0.717, 1.165) is 30.7 Å². The lowest BCUT2D eigenvalue weighted by Gasteiger charge is -2.29. The lowest BCUT2D eigenvalue weighted by atomic mass is 9.89. The molecule has 3 aliphatic heterocycles. The molecule has 0 saturated carbocycles. The number of benzene rings is 1. The number of ether oxygens (including phenoxy) is 1. The number of nitrogens with zero attached hydrogens (tertiary/aromatic N) is 1. The van der Waals surface area contributed by atoms with E-state index in [2.05, 4.69) is 10.6 Å². The van der Waals surface area contributed by atoms with E-state index in [1.807, 2.05) is 24.3 Å². The summed E-state index contributed by atoms with van der Waals surface area (Å²) < 4.78 is 5.45. The van der Waals surface area contributed by atoms with Gasteiger partial charge in [0.25, 0.3) is 5.91 Å². The topological polar surface area (TPSA) is 70.7 Å². The van der Waals surface area contributed by atoms with E-state index in [9.17, 15) is 9.59 Å². The van der Waals surface area contributed by atoms with Gasteiger partial charge in [0.1, 0.15) is 5.75 Å². The number of amides is 2. The Hall–Kier alpha value is -1.79. The Morgan fingerprint density at radius 1 is 1.22 bits per heavy atom. The fourth-order valence-corrected chi connectivity index (χ4v) is 4.54. The quantitative estimate of drug-likeness (QED) is 0.727. The molecule has 1 aromatic rings. The summed E-state index contributed by atoms with van der Waals surface area (Å²) in [6.07, 6.45) is 6.15. The van der Waals surface area contributed by atoms with Crippen LogP contribution in [0.15, 0.2) is 24.3 Å². The number of rotatable bonds is 6. The molecular formula is C20H28ClN3O3. The van der Waals surface area contributed by atoms with E-state index in [1.54, 1.807) is 4.90 Å². The van der Waals surface area contributed by atoms with Crippen molar-refractivity contribution < 1.29 is 14.3 Å². The number of anilines is 1. The standard InChI is InChI=1S/C20H27N3O3.ClH/c24-19(12-14-10-15-6-7-16(11-14)22-15)21-8-3-9-23-17-4-1-2-5-18(17)26-13-20(23)25;/h1-2,4-5,14-16,22H,3,6-13H2,(H,21,24);1H. The fraction of sp³-hybridized carbons (Fsp3) is 0.600. The molecule has 2 amide bonds. The molecule has 0 aromatic heterocycles. The van der Waals surface area contributed by atoms with Gasteiger partial charge in [-0.05, 0) is 50.2 Å². The van der Waals surface area contributed by atoms with Crippen molar-refractivity contribution in [3.8, 4) is 5.75 Å². The van der Waals surface area contributed by atoms with Gasteiger partial charge in [0.05, 0.1) is 5.69 Å². The van der Waals surface area contributed by atoms with Crippen molar-refractivity contribution in [1.29, 1.82) is 0 Å². The molecule has 0 aliphatic carbocycles. The number of hydrogen-bond acceptors (Lipinski definition) is 4. The number of piperidine rings is 1. The van der Waals surface area contributed by atoms with Crippen LogP contribution in [0.5, 0.6) is 5.75 Å². The molecule has 3 heterocycles. The van der Waals surface area contributed by atoms with Crippen LogP contribution in [-0.4, -0.2) is 43.6 Å². The van der Waals surface area contributed by atoms with Crippen LogP contribution in [0.4, 0.5) is 5.69 Å². The molecule has 2 unspecified atom stereocenters. The summed E-state index contributed by atoms with van der Waals surface area (Å²) in [6, 6.07) is 8.83. The van der Waals surface area contributed by atoms with Crippen LogP contribution < -0.4 is 20.3 Å². The van der Waals surface area contributed by atoms with Crippen molar-refractivity contribution in [1.82, 2.24) is 10.6 Å². The second-order valence-corrected chi connectivity index (χ2v) is 7.68. The first-order chi connectivity index (χ1) is 12.7. The highest BCUT2D eigenvalue weighted by atomic mass is 35.5. The number of halogens is 1. The van der Waals surface area contributed by atoms with Crippen molar-refractivity contribution in [2.45, 2.75) is 50.6 Å². The van der Waals surface area contributed by atoms with Gasteiger partial charge in [0, 0.05) is 31.6 Å². The monoisotopic (exact) mass is 393 g/mol. The molecule has 2 N–H and O–H groups in total. The Balaban J connectivity index is 0.00000210. The summed E-state index contributed by atoms with van der Waals surface area (Å²) in [5.74, 6) is 1.38. The summed E-state index contributed by atoms with van der Waals surface area (Å²) in [6.45, 7) is 1.28. The Morgan fingerprint density at radius 3 is 2.74 bits per heavy atom. The molecule has 2 saturated heterocycles. The Morgan fingerprint density at radius 2 is 1.96 bits per heavy atom. The zero-order chi connectivity index (χ0) is 17.9. The average Bonchev–Trinajstić information content (AvgIpc) is 2.98. The van der Waals surface area contributed by atoms with Gasteiger partial charge in [-0.25, -0.2) is 0 Å². The molecule has 3 aliphatic rings. The van der Waals surface area contributed by atoms with E-state index in [1.165, 1.54) is 12.8 Å². The summed E-state index contributed by atoms with van der Waals surface area (Å²) in [5.41, 5.74) is 0.820. The van der Waals surface area contributed by atoms with E-state index >= 15 is 0 Å². The van der Waals surface area contributed by atoms with Crippen LogP contribution in [0.25, 0.3) is 0 Å². The minimum Gasteiger partial charge on any atom is -0.482 e. The van der Waals surface area contributed by atoms with Crippen molar-refractivity contribution in [3.63, 3.8) is 0 Å². The van der Waals surface area contributed by atoms with Gasteiger partial charge in [-0.15, -0.1) is 12.4 Å². The molecular weight excluding hydrogens is 366 g/mol. The number of para-hydroxylation sites is 2. The maximum atomic E-state index is 12.2. The zero-order valence-corrected chi connectivity index (χ0v) is 16.3. The molecule has 2 bridgehead atoms. The van der Waals surface area contributed by atoms with E-state index in [-0.39, 0.29) is 30.8 Å². The van der Waals surface area contributed by atoms with Gasteiger partial charge in [-0.3, -0.25) is 9.59 Å². The molecule has 6 nitrogen and oxygen atoms in total. The molecule has 7 heteroatoms. The average molecular weight is 394 g/mol. The summed E-state index contributed by atoms with van der Waals surface area (Å²) in [5, 5.41) is 6.64. The van der Waals surface area contributed by atoms with Crippen LogP contribution in [0.2, 0.25) is 0 Å². The third-order valence-corrected chi connectivity index (χ3v) is 5.73. The fourth-order valence-electron chi connectivity index (χ4n) is 4.54. The highest BCUT2D eigenvalue weighted by Gasteiger charge is 2.34.